The highest BCUT2D eigenvalue weighted by Gasteiger charge is 1.96. The molecule has 94 valence electrons. The van der Waals surface area contributed by atoms with Crippen molar-refractivity contribution in [2.75, 3.05) is 17.6 Å². The fourth-order valence-corrected chi connectivity index (χ4v) is 2.40. The fourth-order valence-electron chi connectivity index (χ4n) is 1.59. The van der Waals surface area contributed by atoms with Crippen LogP contribution < -0.4 is 5.32 Å². The lowest BCUT2D eigenvalue weighted by atomic mass is 10.2. The number of anilines is 1. The molecule has 0 spiro atoms. The van der Waals surface area contributed by atoms with Gasteiger partial charge in [0.1, 0.15) is 5.82 Å². The van der Waals surface area contributed by atoms with Crippen LogP contribution in [0, 0.1) is 12.7 Å². The Morgan fingerprint density at radius 2 is 1.89 bits per heavy atom. The first-order chi connectivity index (χ1) is 8.74. The van der Waals surface area contributed by atoms with Crippen molar-refractivity contribution in [3.8, 4) is 0 Å². The average Bonchev–Trinajstić information content (AvgIpc) is 2.37. The lowest BCUT2D eigenvalue weighted by Gasteiger charge is -2.06. The molecule has 0 radical (unpaired) electrons. The predicted molar refractivity (Wildman–Crippen MR) is 76.8 cm³/mol. The highest BCUT2D eigenvalue weighted by atomic mass is 32.2. The number of aryl methyl sites for hydroxylation is 1. The van der Waals surface area contributed by atoms with Gasteiger partial charge in [-0.2, -0.15) is 0 Å². The molecule has 18 heavy (non-hydrogen) atoms. The summed E-state index contributed by atoms with van der Waals surface area (Å²) >= 11 is 1.65. The first kappa shape index (κ1) is 13.0. The van der Waals surface area contributed by atoms with Crippen molar-refractivity contribution in [2.45, 2.75) is 11.8 Å². The Labute approximate surface area is 111 Å². The van der Waals surface area contributed by atoms with Crippen molar-refractivity contribution in [1.82, 2.24) is 0 Å². The summed E-state index contributed by atoms with van der Waals surface area (Å²) in [6.45, 7) is 2.94. The molecule has 0 unspecified atom stereocenters. The molecule has 0 amide bonds. The van der Waals surface area contributed by atoms with Gasteiger partial charge in [0.2, 0.25) is 0 Å². The molecule has 0 atom stereocenters. The van der Waals surface area contributed by atoms with Gasteiger partial charge >= 0.3 is 0 Å². The standard InChI is InChI=1S/C15H16FNS/c1-12-5-7-14(8-6-12)17-9-10-18-15-4-2-3-13(16)11-15/h2-8,11,17H,9-10H2,1H3. The molecule has 2 aromatic rings. The normalized spacial score (nSPS) is 10.3. The van der Waals surface area contributed by atoms with Crippen molar-refractivity contribution in [3.05, 3.63) is 59.9 Å². The van der Waals surface area contributed by atoms with Gasteiger partial charge in [-0.1, -0.05) is 23.8 Å². The summed E-state index contributed by atoms with van der Waals surface area (Å²) in [4.78, 5) is 0.973. The maximum absolute atomic E-state index is 13.0. The van der Waals surface area contributed by atoms with Gasteiger partial charge in [0.25, 0.3) is 0 Å². The van der Waals surface area contributed by atoms with Gasteiger partial charge in [0.15, 0.2) is 0 Å². The predicted octanol–water partition coefficient (Wildman–Crippen LogP) is 4.34. The minimum Gasteiger partial charge on any atom is -0.384 e. The van der Waals surface area contributed by atoms with E-state index >= 15 is 0 Å². The molecule has 0 aliphatic heterocycles. The van der Waals surface area contributed by atoms with E-state index < -0.39 is 0 Å². The zero-order valence-electron chi connectivity index (χ0n) is 10.3. The smallest absolute Gasteiger partial charge is 0.124 e. The van der Waals surface area contributed by atoms with Crippen molar-refractivity contribution in [2.24, 2.45) is 0 Å². The van der Waals surface area contributed by atoms with Crippen LogP contribution >= 0.6 is 11.8 Å². The molecule has 0 aliphatic rings. The lowest BCUT2D eigenvalue weighted by molar-refractivity contribution is 0.624. The zero-order valence-corrected chi connectivity index (χ0v) is 11.1. The molecule has 1 N–H and O–H groups in total. The molecule has 2 aromatic carbocycles. The minimum absolute atomic E-state index is 0.175. The van der Waals surface area contributed by atoms with Crippen LogP contribution in [0.4, 0.5) is 10.1 Å². The highest BCUT2D eigenvalue weighted by Crippen LogP contribution is 2.18. The molecule has 0 aliphatic carbocycles. The van der Waals surface area contributed by atoms with Crippen LogP contribution in [0.5, 0.6) is 0 Å². The maximum atomic E-state index is 13.0. The summed E-state index contributed by atoms with van der Waals surface area (Å²) in [5.41, 5.74) is 2.38. The van der Waals surface area contributed by atoms with Crippen LogP contribution in [0.3, 0.4) is 0 Å². The van der Waals surface area contributed by atoms with Gasteiger partial charge < -0.3 is 5.32 Å². The summed E-state index contributed by atoms with van der Waals surface area (Å²) < 4.78 is 13.0. The van der Waals surface area contributed by atoms with Gasteiger partial charge in [0.05, 0.1) is 0 Å². The monoisotopic (exact) mass is 261 g/mol. The van der Waals surface area contributed by atoms with Crippen LogP contribution in [0.25, 0.3) is 0 Å². The molecule has 0 heterocycles. The van der Waals surface area contributed by atoms with Crippen LogP contribution in [-0.2, 0) is 0 Å². The Balaban J connectivity index is 1.74. The number of nitrogens with one attached hydrogen (secondary N) is 1. The number of benzene rings is 2. The Kier molecular flexibility index (Phi) is 4.65. The Morgan fingerprint density at radius 1 is 1.11 bits per heavy atom. The van der Waals surface area contributed by atoms with Crippen molar-refractivity contribution >= 4 is 17.4 Å². The first-order valence-electron chi connectivity index (χ1n) is 5.93. The Hall–Kier alpha value is -1.48. The molecule has 0 aromatic heterocycles. The van der Waals surface area contributed by atoms with E-state index in [1.54, 1.807) is 23.9 Å². The minimum atomic E-state index is -0.175. The second-order valence-electron chi connectivity index (χ2n) is 4.10. The van der Waals surface area contributed by atoms with E-state index in [1.807, 2.05) is 6.07 Å². The summed E-state index contributed by atoms with van der Waals surface area (Å²) in [5.74, 6) is 0.739. The zero-order chi connectivity index (χ0) is 12.8. The third-order valence-corrected chi connectivity index (χ3v) is 3.54. The summed E-state index contributed by atoms with van der Waals surface area (Å²) in [5, 5.41) is 3.34. The number of rotatable bonds is 5. The molecular formula is C15H16FNS. The largest absolute Gasteiger partial charge is 0.384 e. The van der Waals surface area contributed by atoms with E-state index in [0.29, 0.717) is 0 Å². The molecule has 3 heteroatoms. The topological polar surface area (TPSA) is 12.0 Å². The molecule has 0 bridgehead atoms. The van der Waals surface area contributed by atoms with Gasteiger partial charge in [-0.25, -0.2) is 4.39 Å². The third kappa shape index (κ3) is 4.08. The molecule has 2 rings (SSSR count). The van der Waals surface area contributed by atoms with Gasteiger partial charge in [-0.3, -0.25) is 0 Å². The highest BCUT2D eigenvalue weighted by molar-refractivity contribution is 7.99. The van der Waals surface area contributed by atoms with Crippen LogP contribution in [0.2, 0.25) is 0 Å². The van der Waals surface area contributed by atoms with Gasteiger partial charge in [-0.15, -0.1) is 11.8 Å². The average molecular weight is 261 g/mol. The number of hydrogen-bond acceptors (Lipinski definition) is 2. The van der Waals surface area contributed by atoms with Crippen LogP contribution in [-0.4, -0.2) is 12.3 Å². The Morgan fingerprint density at radius 3 is 2.61 bits per heavy atom. The van der Waals surface area contributed by atoms with Crippen LogP contribution in [0.1, 0.15) is 5.56 Å². The second-order valence-corrected chi connectivity index (χ2v) is 5.27. The summed E-state index contributed by atoms with van der Waals surface area (Å²) in [7, 11) is 0. The molecule has 0 fully saturated rings. The SMILES string of the molecule is Cc1ccc(NCCSc2cccc(F)c2)cc1. The number of hydrogen-bond donors (Lipinski definition) is 1. The molecule has 1 nitrogen and oxygen atoms in total. The van der Waals surface area contributed by atoms with E-state index in [9.17, 15) is 4.39 Å². The van der Waals surface area contributed by atoms with E-state index in [0.717, 1.165) is 22.9 Å². The van der Waals surface area contributed by atoms with Crippen molar-refractivity contribution in [3.63, 3.8) is 0 Å². The number of thioether (sulfide) groups is 1. The quantitative estimate of drug-likeness (QED) is 0.635. The second kappa shape index (κ2) is 6.45. The fraction of sp³-hybridized carbons (Fsp3) is 0.200. The van der Waals surface area contributed by atoms with E-state index in [1.165, 1.54) is 11.6 Å². The van der Waals surface area contributed by atoms with Crippen molar-refractivity contribution in [1.29, 1.82) is 0 Å². The summed E-state index contributed by atoms with van der Waals surface area (Å²) in [6, 6.07) is 15.0. The van der Waals surface area contributed by atoms with E-state index in [4.69, 9.17) is 0 Å². The van der Waals surface area contributed by atoms with E-state index in [-0.39, 0.29) is 5.82 Å². The maximum Gasteiger partial charge on any atom is 0.124 e. The Bertz CT molecular complexity index is 496. The van der Waals surface area contributed by atoms with Gasteiger partial charge in [0, 0.05) is 22.9 Å². The first-order valence-corrected chi connectivity index (χ1v) is 6.91. The number of halogens is 1. The van der Waals surface area contributed by atoms with Crippen LogP contribution in [0.15, 0.2) is 53.4 Å². The van der Waals surface area contributed by atoms with Gasteiger partial charge in [-0.05, 0) is 37.3 Å². The lowest BCUT2D eigenvalue weighted by Crippen LogP contribution is -2.03. The summed E-state index contributed by atoms with van der Waals surface area (Å²) in [6.07, 6.45) is 0. The molecule has 0 saturated carbocycles. The third-order valence-electron chi connectivity index (χ3n) is 2.55. The molecule has 0 saturated heterocycles. The molecular weight excluding hydrogens is 245 g/mol. The van der Waals surface area contributed by atoms with E-state index in [2.05, 4.69) is 36.5 Å². The van der Waals surface area contributed by atoms with Crippen molar-refractivity contribution < 1.29 is 4.39 Å².